The molecule has 0 spiro atoms. The minimum Gasteiger partial charge on any atom is -0.364 e. The molecule has 1 aromatic rings. The Balaban J connectivity index is 2.19. The summed E-state index contributed by atoms with van der Waals surface area (Å²) in [6, 6.07) is 2.34. The second kappa shape index (κ2) is 2.29. The first-order valence-electron chi connectivity index (χ1n) is 4.39. The van der Waals surface area contributed by atoms with Gasteiger partial charge >= 0.3 is 0 Å². The molecule has 3 heteroatoms. The lowest BCUT2D eigenvalue weighted by Gasteiger charge is -2.12. The molecule has 13 heavy (non-hydrogen) atoms. The summed E-state index contributed by atoms with van der Waals surface area (Å²) in [4.78, 5) is 0. The van der Waals surface area contributed by atoms with Crippen LogP contribution in [0.1, 0.15) is 23.7 Å². The molecule has 1 aromatic carbocycles. The van der Waals surface area contributed by atoms with E-state index in [1.54, 1.807) is 0 Å². The van der Waals surface area contributed by atoms with E-state index in [1.165, 1.54) is 6.07 Å². The molecule has 1 nitrogen and oxygen atoms in total. The first-order valence-corrected chi connectivity index (χ1v) is 4.39. The number of epoxide rings is 1. The van der Waals surface area contributed by atoms with Crippen LogP contribution >= 0.6 is 0 Å². The molecule has 0 radical (unpaired) electrons. The Morgan fingerprint density at radius 2 is 2.15 bits per heavy atom. The summed E-state index contributed by atoms with van der Waals surface area (Å²) in [6.07, 6.45) is 1.71. The average molecular weight is 182 g/mol. The Hall–Kier alpha value is -0.960. The van der Waals surface area contributed by atoms with Gasteiger partial charge in [-0.1, -0.05) is 0 Å². The first-order chi connectivity index (χ1) is 6.25. The number of hydrogen-bond acceptors (Lipinski definition) is 1. The highest BCUT2D eigenvalue weighted by atomic mass is 19.1. The van der Waals surface area contributed by atoms with Crippen molar-refractivity contribution in [3.63, 3.8) is 0 Å². The molecule has 0 saturated carbocycles. The summed E-state index contributed by atoms with van der Waals surface area (Å²) in [5.41, 5.74) is 1.36. The quantitative estimate of drug-likeness (QED) is 0.561. The van der Waals surface area contributed by atoms with Gasteiger partial charge in [0, 0.05) is 6.07 Å². The minimum absolute atomic E-state index is 0.0334. The van der Waals surface area contributed by atoms with Crippen LogP contribution in [0.15, 0.2) is 12.1 Å². The van der Waals surface area contributed by atoms with Gasteiger partial charge in [0.1, 0.15) is 17.7 Å². The average Bonchev–Trinajstić information content (AvgIpc) is 2.82. The third-order valence-electron chi connectivity index (χ3n) is 2.76. The molecule has 0 amide bonds. The van der Waals surface area contributed by atoms with Gasteiger partial charge in [0.25, 0.3) is 0 Å². The molecule has 1 aliphatic heterocycles. The summed E-state index contributed by atoms with van der Waals surface area (Å²) in [6.45, 7) is 0. The van der Waals surface area contributed by atoms with E-state index in [2.05, 4.69) is 0 Å². The zero-order valence-corrected chi connectivity index (χ0v) is 6.89. The molecule has 68 valence electrons. The lowest BCUT2D eigenvalue weighted by Crippen LogP contribution is -2.07. The maximum atomic E-state index is 13.2. The maximum absolute atomic E-state index is 13.2. The zero-order valence-electron chi connectivity index (χ0n) is 6.89. The topological polar surface area (TPSA) is 12.5 Å². The van der Waals surface area contributed by atoms with E-state index < -0.39 is 11.6 Å². The number of halogens is 2. The lowest BCUT2D eigenvalue weighted by atomic mass is 9.91. The van der Waals surface area contributed by atoms with Crippen molar-refractivity contribution in [2.45, 2.75) is 25.0 Å². The second-order valence-electron chi connectivity index (χ2n) is 3.59. The van der Waals surface area contributed by atoms with Crippen LogP contribution in [0.25, 0.3) is 0 Å². The van der Waals surface area contributed by atoms with Crippen LogP contribution < -0.4 is 0 Å². The summed E-state index contributed by atoms with van der Waals surface area (Å²) in [7, 11) is 0. The standard InChI is InChI=1S/C10H8F2O/c11-5-3-7-6(8(12)4-5)1-2-9-10(7)13-9/h3-4,9-10H,1-2H2/t9-,10-/m1/s1. The Morgan fingerprint density at radius 1 is 1.31 bits per heavy atom. The van der Waals surface area contributed by atoms with Crippen LogP contribution in [0.4, 0.5) is 8.78 Å². The van der Waals surface area contributed by atoms with Gasteiger partial charge in [0.05, 0.1) is 6.10 Å². The molecule has 0 bridgehead atoms. The van der Waals surface area contributed by atoms with Crippen LogP contribution in [-0.2, 0) is 11.2 Å². The van der Waals surface area contributed by atoms with Gasteiger partial charge in [0.2, 0.25) is 0 Å². The molecule has 1 aliphatic carbocycles. The Bertz CT molecular complexity index is 375. The molecule has 2 aliphatic rings. The fourth-order valence-electron chi connectivity index (χ4n) is 2.06. The second-order valence-corrected chi connectivity index (χ2v) is 3.59. The van der Waals surface area contributed by atoms with E-state index in [4.69, 9.17) is 4.74 Å². The number of fused-ring (bicyclic) bond motifs is 3. The molecule has 1 heterocycles. The Labute approximate surface area is 74.3 Å². The minimum atomic E-state index is -0.507. The third-order valence-corrected chi connectivity index (χ3v) is 2.76. The molecular weight excluding hydrogens is 174 g/mol. The van der Waals surface area contributed by atoms with Crippen LogP contribution in [0.3, 0.4) is 0 Å². The zero-order chi connectivity index (χ0) is 9.00. The van der Waals surface area contributed by atoms with Crippen molar-refractivity contribution in [2.75, 3.05) is 0 Å². The Morgan fingerprint density at radius 3 is 3.00 bits per heavy atom. The molecule has 0 aromatic heterocycles. The first kappa shape index (κ1) is 7.44. The van der Waals surface area contributed by atoms with Crippen LogP contribution in [0.2, 0.25) is 0 Å². The number of benzene rings is 1. The molecular formula is C10H8F2O. The number of hydrogen-bond donors (Lipinski definition) is 0. The van der Waals surface area contributed by atoms with Crippen LogP contribution in [0, 0.1) is 11.6 Å². The van der Waals surface area contributed by atoms with Gasteiger partial charge < -0.3 is 4.74 Å². The highest BCUT2D eigenvalue weighted by Crippen LogP contribution is 2.47. The highest BCUT2D eigenvalue weighted by Gasteiger charge is 2.45. The lowest BCUT2D eigenvalue weighted by molar-refractivity contribution is 0.372. The highest BCUT2D eigenvalue weighted by molar-refractivity contribution is 5.37. The molecule has 0 N–H and O–H groups in total. The summed E-state index contributed by atoms with van der Waals surface area (Å²) in [5.74, 6) is -0.934. The SMILES string of the molecule is Fc1cc(F)c2c(c1)[C@H]1O[C@@H]1CC2. The predicted molar refractivity (Wildman–Crippen MR) is 42.3 cm³/mol. The van der Waals surface area contributed by atoms with Gasteiger partial charge in [0.15, 0.2) is 0 Å². The van der Waals surface area contributed by atoms with Crippen molar-refractivity contribution in [3.05, 3.63) is 34.9 Å². The molecule has 2 atom stereocenters. The third kappa shape index (κ3) is 1.000. The van der Waals surface area contributed by atoms with Gasteiger partial charge in [-0.05, 0) is 30.0 Å². The van der Waals surface area contributed by atoms with Gasteiger partial charge in [-0.2, -0.15) is 0 Å². The molecule has 0 unspecified atom stereocenters. The van der Waals surface area contributed by atoms with E-state index >= 15 is 0 Å². The maximum Gasteiger partial charge on any atom is 0.129 e. The fraction of sp³-hybridized carbons (Fsp3) is 0.400. The van der Waals surface area contributed by atoms with E-state index in [9.17, 15) is 8.78 Å². The summed E-state index contributed by atoms with van der Waals surface area (Å²) < 4.78 is 31.4. The van der Waals surface area contributed by atoms with Gasteiger partial charge in [-0.15, -0.1) is 0 Å². The van der Waals surface area contributed by atoms with Crippen molar-refractivity contribution in [3.8, 4) is 0 Å². The smallest absolute Gasteiger partial charge is 0.129 e. The largest absolute Gasteiger partial charge is 0.364 e. The molecule has 1 fully saturated rings. The van der Waals surface area contributed by atoms with Crippen molar-refractivity contribution in [1.29, 1.82) is 0 Å². The van der Waals surface area contributed by atoms with Crippen molar-refractivity contribution in [2.24, 2.45) is 0 Å². The van der Waals surface area contributed by atoms with Crippen LogP contribution in [-0.4, -0.2) is 6.10 Å². The van der Waals surface area contributed by atoms with E-state index in [-0.39, 0.29) is 12.2 Å². The predicted octanol–water partition coefficient (Wildman–Crippen LogP) is 2.35. The fourth-order valence-corrected chi connectivity index (χ4v) is 2.06. The van der Waals surface area contributed by atoms with Gasteiger partial charge in [-0.25, -0.2) is 8.78 Å². The van der Waals surface area contributed by atoms with Crippen LogP contribution in [0.5, 0.6) is 0 Å². The molecule has 3 rings (SSSR count). The van der Waals surface area contributed by atoms with Gasteiger partial charge in [-0.3, -0.25) is 0 Å². The summed E-state index contributed by atoms with van der Waals surface area (Å²) >= 11 is 0. The van der Waals surface area contributed by atoms with Crippen molar-refractivity contribution < 1.29 is 13.5 Å². The van der Waals surface area contributed by atoms with E-state index in [0.717, 1.165) is 12.5 Å². The number of ether oxygens (including phenoxy) is 1. The van der Waals surface area contributed by atoms with Crippen molar-refractivity contribution in [1.82, 2.24) is 0 Å². The van der Waals surface area contributed by atoms with E-state index in [0.29, 0.717) is 17.5 Å². The monoisotopic (exact) mass is 182 g/mol. The number of rotatable bonds is 0. The summed E-state index contributed by atoms with van der Waals surface area (Å²) in [5, 5.41) is 0. The van der Waals surface area contributed by atoms with Crippen molar-refractivity contribution >= 4 is 0 Å². The molecule has 1 saturated heterocycles. The van der Waals surface area contributed by atoms with E-state index in [1.807, 2.05) is 0 Å². The normalized spacial score (nSPS) is 29.4. The Kier molecular flexibility index (Phi) is 1.31.